The number of hydrogen-bond donors (Lipinski definition) is 11. The van der Waals surface area contributed by atoms with Crippen molar-refractivity contribution < 1.29 is 58.9 Å². The number of rotatable bonds is 10. The fourth-order valence-corrected chi connectivity index (χ4v) is 5.80. The van der Waals surface area contributed by atoms with Crippen LogP contribution in [0.2, 0.25) is 0 Å². The average Bonchev–Trinajstić information content (AvgIpc) is 3.28. The molecule has 0 bridgehead atoms. The Morgan fingerprint density at radius 2 is 1.30 bits per heavy atom. The summed E-state index contributed by atoms with van der Waals surface area (Å²) in [5, 5.41) is 64.5. The lowest BCUT2D eigenvalue weighted by Crippen LogP contribution is -2.56. The summed E-state index contributed by atoms with van der Waals surface area (Å²) < 4.78 is 14.7. The first-order chi connectivity index (χ1) is 28.1. The van der Waals surface area contributed by atoms with Crippen molar-refractivity contribution in [1.82, 2.24) is 5.32 Å². The lowest BCUT2D eigenvalue weighted by Gasteiger charge is -2.28. The lowest BCUT2D eigenvalue weighted by molar-refractivity contribution is -0.151. The topological polar surface area (TPSA) is 283 Å². The number of aliphatic hydroxyl groups excluding tert-OH is 5. The van der Waals surface area contributed by atoms with E-state index in [2.05, 4.69) is 26.6 Å². The summed E-state index contributed by atoms with van der Waals surface area (Å²) in [5.74, 6) is -2.01. The van der Waals surface area contributed by atoms with Crippen LogP contribution in [-0.4, -0.2) is 137 Å². The van der Waals surface area contributed by atoms with Gasteiger partial charge in [0.2, 0.25) is 11.8 Å². The van der Waals surface area contributed by atoms with E-state index in [1.54, 1.807) is 30.4 Å². The number of carbonyl (C=O) groups excluding carboxylic acids is 4. The number of anilines is 4. The molecule has 0 unspecified atom stereocenters. The Morgan fingerprint density at radius 1 is 0.803 bits per heavy atom. The van der Waals surface area contributed by atoms with Crippen molar-refractivity contribution in [2.24, 2.45) is 16.6 Å². The van der Waals surface area contributed by atoms with Crippen LogP contribution in [0.1, 0.15) is 41.5 Å². The average molecular weight is 879 g/mol. The minimum atomic E-state index is -1.71. The van der Waals surface area contributed by atoms with Crippen molar-refractivity contribution in [3.8, 4) is 0 Å². The fraction of sp³-hybridized carbons (Fsp3) is 0.524. The van der Waals surface area contributed by atoms with E-state index in [0.29, 0.717) is 12.2 Å². The highest BCUT2D eigenvalue weighted by Crippen LogP contribution is 2.26. The monoisotopic (exact) mass is 878 g/mol. The Bertz CT molecular complexity index is 1820. The minimum Gasteiger partial charge on any atom is -0.454 e. The summed E-state index contributed by atoms with van der Waals surface area (Å²) in [7, 11) is 2.51. The summed E-state index contributed by atoms with van der Waals surface area (Å²) in [5.41, 5.74) is 8.28. The zero-order chi connectivity index (χ0) is 44.9. The number of nitrogens with two attached hydrogens (primary N) is 1. The number of halogens is 1. The summed E-state index contributed by atoms with van der Waals surface area (Å²) in [6, 6.07) is 13.2. The largest absolute Gasteiger partial charge is 0.454 e. The molecule has 61 heavy (non-hydrogen) atoms. The molecule has 0 spiro atoms. The molecule has 3 aliphatic rings. The molecule has 0 aromatic heterocycles. The van der Waals surface area contributed by atoms with Crippen LogP contribution in [0.3, 0.4) is 0 Å². The minimum absolute atomic E-state index is 0. The predicted octanol–water partition coefficient (Wildman–Crippen LogP) is 1.29. The van der Waals surface area contributed by atoms with Gasteiger partial charge in [-0.15, -0.1) is 12.4 Å². The first-order valence-corrected chi connectivity index (χ1v) is 19.5. The zero-order valence-electron chi connectivity index (χ0n) is 35.7. The fourth-order valence-electron chi connectivity index (χ4n) is 5.80. The molecule has 0 radical (unpaired) electrons. The van der Waals surface area contributed by atoms with Gasteiger partial charge in [0, 0.05) is 27.3 Å². The molecule has 1 saturated heterocycles. The molecule has 0 saturated carbocycles. The quantitative estimate of drug-likeness (QED) is 0.119. The number of carbonyl (C=O) groups is 4. The Morgan fingerprint density at radius 3 is 1.79 bits per heavy atom. The summed E-state index contributed by atoms with van der Waals surface area (Å²) in [4.78, 5) is 47.7. The Balaban J connectivity index is 0.000000347. The maximum Gasteiger partial charge on any atom is 0.338 e. The molecule has 3 amide bonds. The molecule has 18 nitrogen and oxygen atoms in total. The molecule has 10 atom stereocenters. The van der Waals surface area contributed by atoms with Crippen molar-refractivity contribution >= 4 is 58.8 Å². The maximum absolute atomic E-state index is 12.6. The molecule has 12 N–H and O–H groups in total. The number of fused-ring (bicyclic) bond motifs is 2. The van der Waals surface area contributed by atoms with Gasteiger partial charge in [-0.25, -0.2) is 4.79 Å². The number of esters is 1. The van der Waals surface area contributed by atoms with Gasteiger partial charge in [0.1, 0.15) is 42.6 Å². The van der Waals surface area contributed by atoms with Crippen LogP contribution in [0.15, 0.2) is 72.8 Å². The van der Waals surface area contributed by atoms with E-state index in [1.165, 1.54) is 26.4 Å². The Hall–Kier alpha value is -4.63. The van der Waals surface area contributed by atoms with Gasteiger partial charge < -0.3 is 72.1 Å². The first kappa shape index (κ1) is 52.5. The number of amides is 3. The SMILES string of the molecule is CO[C@@H](C(=O)N[C@H]1CNc2ccccc2NC1=O)[C@H](O)[C@@H](O)[C@H](O)/C=C/C(C)(C)C.CO[C@H]1C(=O)O[C@@H]([C@H](O)/C=C/C(C)(C)C)[C@H]1O.Cl.N[C@H]1CNc2ccccc2NC1=O. The molecule has 1 fully saturated rings. The van der Waals surface area contributed by atoms with Gasteiger partial charge in [-0.1, -0.05) is 90.1 Å². The normalized spacial score (nSPS) is 23.6. The second-order valence-corrected chi connectivity index (χ2v) is 16.6. The molecule has 3 aliphatic heterocycles. The van der Waals surface area contributed by atoms with Crippen molar-refractivity contribution in [3.63, 3.8) is 0 Å². The van der Waals surface area contributed by atoms with Gasteiger partial charge in [0.25, 0.3) is 5.91 Å². The second-order valence-electron chi connectivity index (χ2n) is 16.6. The Labute approximate surface area is 362 Å². The zero-order valence-corrected chi connectivity index (χ0v) is 36.5. The van der Waals surface area contributed by atoms with Gasteiger partial charge in [-0.05, 0) is 35.1 Å². The highest BCUT2D eigenvalue weighted by atomic mass is 35.5. The highest BCUT2D eigenvalue weighted by molar-refractivity contribution is 6.01. The van der Waals surface area contributed by atoms with Crippen LogP contribution in [0.5, 0.6) is 0 Å². The lowest BCUT2D eigenvalue weighted by atomic mass is 9.94. The number of hydrogen-bond acceptors (Lipinski definition) is 15. The van der Waals surface area contributed by atoms with E-state index < -0.39 is 78.7 Å². The van der Waals surface area contributed by atoms with Crippen molar-refractivity contribution in [2.75, 3.05) is 48.6 Å². The van der Waals surface area contributed by atoms with E-state index in [1.807, 2.05) is 71.9 Å². The maximum atomic E-state index is 12.6. The molecule has 5 rings (SSSR count). The molecular formula is C42H63ClN6O12. The van der Waals surface area contributed by atoms with Crippen LogP contribution >= 0.6 is 12.4 Å². The van der Waals surface area contributed by atoms with Crippen LogP contribution in [0, 0.1) is 10.8 Å². The van der Waals surface area contributed by atoms with E-state index >= 15 is 0 Å². The van der Waals surface area contributed by atoms with Gasteiger partial charge >= 0.3 is 5.97 Å². The van der Waals surface area contributed by atoms with E-state index in [-0.39, 0.29) is 35.7 Å². The summed E-state index contributed by atoms with van der Waals surface area (Å²) in [6.45, 7) is 12.3. The van der Waals surface area contributed by atoms with E-state index in [9.17, 15) is 44.7 Å². The number of methoxy groups -OCH3 is 2. The summed E-state index contributed by atoms with van der Waals surface area (Å²) >= 11 is 0. The second kappa shape index (κ2) is 23.5. The van der Waals surface area contributed by atoms with Crippen molar-refractivity contribution in [1.29, 1.82) is 0 Å². The van der Waals surface area contributed by atoms with Gasteiger partial charge in [-0.2, -0.15) is 0 Å². The van der Waals surface area contributed by atoms with Crippen LogP contribution in [-0.2, 0) is 33.4 Å². The third kappa shape index (κ3) is 16.0. The number of aliphatic hydroxyl groups is 5. The van der Waals surface area contributed by atoms with Gasteiger partial charge in [0.15, 0.2) is 18.3 Å². The van der Waals surface area contributed by atoms with Gasteiger partial charge in [-0.3, -0.25) is 14.4 Å². The molecule has 19 heteroatoms. The molecule has 2 aromatic carbocycles. The van der Waals surface area contributed by atoms with Crippen molar-refractivity contribution in [2.45, 2.75) is 102 Å². The highest BCUT2D eigenvalue weighted by Gasteiger charge is 2.47. The molecule has 340 valence electrons. The van der Waals surface area contributed by atoms with Gasteiger partial charge in [0.05, 0.1) is 22.7 Å². The van der Waals surface area contributed by atoms with Crippen LogP contribution in [0.4, 0.5) is 22.7 Å². The van der Waals surface area contributed by atoms with Crippen LogP contribution in [0.25, 0.3) is 0 Å². The molecule has 0 aliphatic carbocycles. The van der Waals surface area contributed by atoms with Crippen LogP contribution < -0.4 is 32.3 Å². The third-order valence-corrected chi connectivity index (χ3v) is 9.18. The number of nitrogens with one attached hydrogen (secondary N) is 5. The van der Waals surface area contributed by atoms with E-state index in [0.717, 1.165) is 17.1 Å². The molecular weight excluding hydrogens is 816 g/mol. The predicted molar refractivity (Wildman–Crippen MR) is 233 cm³/mol. The smallest absolute Gasteiger partial charge is 0.338 e. The Kier molecular flexibility index (Phi) is 20.3. The van der Waals surface area contributed by atoms with Crippen molar-refractivity contribution in [3.05, 3.63) is 72.8 Å². The van der Waals surface area contributed by atoms with E-state index in [4.69, 9.17) is 19.9 Å². The third-order valence-electron chi connectivity index (χ3n) is 9.18. The first-order valence-electron chi connectivity index (χ1n) is 19.5. The summed E-state index contributed by atoms with van der Waals surface area (Å²) in [6.07, 6.45) is -4.05. The molecule has 2 aromatic rings. The molecule has 3 heterocycles. The number of para-hydroxylation sites is 4. The number of cyclic esters (lactones) is 1. The number of allylic oxidation sites excluding steroid dienone is 2. The standard InChI is InChI=1S/C21H31N3O6.C12H20O5.C9H11N3O.ClH/c1-21(2,3)10-9-15(25)16(26)17(27)18(30-4)20(29)24-14-11-22-12-7-5-6-8-13(12)23-19(14)28;1-12(2,3)6-5-7(13)9-8(14)10(16-4)11(15)17-9;10-6-5-11-7-3-1-2-4-8(7)12-9(6)13;/h5-10,14-18,22,25-27H,11H2,1-4H3,(H,23,28)(H,24,29);5-10,13-14H,1-4H3;1-4,6,11H,5,10H2,(H,12,13);1H/b10-9+;6-5+;;/t14-,15+,16-,17+,18+;7-,8-,9+,10-;6-;/m010./s1. The number of ether oxygens (including phenoxy) is 3. The number of benzene rings is 2.